The van der Waals surface area contributed by atoms with Crippen LogP contribution in [-0.4, -0.2) is 30.6 Å². The minimum Gasteiger partial charge on any atom is -0.399 e. The van der Waals surface area contributed by atoms with Crippen molar-refractivity contribution in [2.75, 3.05) is 25.5 Å². The number of hydrogen-bond acceptors (Lipinski definition) is 3. The zero-order valence-electron chi connectivity index (χ0n) is 10.4. The number of nitrogens with two attached hydrogens (primary N) is 1. The normalized spacial score (nSPS) is 22.9. The van der Waals surface area contributed by atoms with E-state index in [1.165, 1.54) is 11.1 Å². The van der Waals surface area contributed by atoms with Crippen molar-refractivity contribution in [1.29, 1.82) is 0 Å². The van der Waals surface area contributed by atoms with E-state index in [-0.39, 0.29) is 11.8 Å². The van der Waals surface area contributed by atoms with Crippen LogP contribution in [-0.2, 0) is 22.5 Å². The Kier molecular flexibility index (Phi) is 2.96. The molecule has 1 unspecified atom stereocenters. The third-order valence-electron chi connectivity index (χ3n) is 3.83. The van der Waals surface area contributed by atoms with Crippen molar-refractivity contribution in [2.24, 2.45) is 5.92 Å². The lowest BCUT2D eigenvalue weighted by molar-refractivity contribution is -0.136. The van der Waals surface area contributed by atoms with Gasteiger partial charge in [0.25, 0.3) is 0 Å². The van der Waals surface area contributed by atoms with Gasteiger partial charge in [-0.05, 0) is 36.1 Å². The highest BCUT2D eigenvalue weighted by Crippen LogP contribution is 2.24. The molecular formula is C14H18N2O2. The molecule has 2 heterocycles. The Hall–Kier alpha value is -1.55. The number of amides is 1. The van der Waals surface area contributed by atoms with E-state index in [9.17, 15) is 4.79 Å². The Bertz CT molecular complexity index is 467. The summed E-state index contributed by atoms with van der Waals surface area (Å²) < 4.78 is 5.29. The molecular weight excluding hydrogens is 228 g/mol. The largest absolute Gasteiger partial charge is 0.399 e. The maximum Gasteiger partial charge on any atom is 0.228 e. The van der Waals surface area contributed by atoms with Crippen LogP contribution >= 0.6 is 0 Å². The molecule has 2 N–H and O–H groups in total. The van der Waals surface area contributed by atoms with Gasteiger partial charge in [0.15, 0.2) is 0 Å². The van der Waals surface area contributed by atoms with E-state index in [1.807, 2.05) is 17.0 Å². The van der Waals surface area contributed by atoms with Crippen molar-refractivity contribution >= 4 is 11.6 Å². The molecule has 1 aromatic carbocycles. The highest BCUT2D eigenvalue weighted by molar-refractivity contribution is 5.79. The fourth-order valence-electron chi connectivity index (χ4n) is 2.75. The van der Waals surface area contributed by atoms with E-state index in [0.717, 1.165) is 25.1 Å². The summed E-state index contributed by atoms with van der Waals surface area (Å²) in [6.45, 7) is 2.80. The van der Waals surface area contributed by atoms with Crippen LogP contribution in [0.25, 0.3) is 0 Å². The lowest BCUT2D eigenvalue weighted by Crippen LogP contribution is -2.40. The van der Waals surface area contributed by atoms with Crippen LogP contribution in [0.15, 0.2) is 18.2 Å². The second-order valence-corrected chi connectivity index (χ2v) is 5.10. The zero-order valence-corrected chi connectivity index (χ0v) is 10.4. The molecule has 4 heteroatoms. The number of hydrogen-bond donors (Lipinski definition) is 1. The van der Waals surface area contributed by atoms with Gasteiger partial charge in [-0.1, -0.05) is 6.07 Å². The molecule has 0 saturated carbocycles. The molecule has 1 amide bonds. The maximum absolute atomic E-state index is 12.3. The van der Waals surface area contributed by atoms with E-state index >= 15 is 0 Å². The third-order valence-corrected chi connectivity index (χ3v) is 3.83. The van der Waals surface area contributed by atoms with Crippen LogP contribution < -0.4 is 5.73 Å². The SMILES string of the molecule is Nc1ccc2c(c1)CN(C(=O)C1CCOC1)CC2. The second-order valence-electron chi connectivity index (χ2n) is 5.10. The molecule has 0 spiro atoms. The first-order chi connectivity index (χ1) is 8.74. The van der Waals surface area contributed by atoms with Crippen LogP contribution in [0.4, 0.5) is 5.69 Å². The van der Waals surface area contributed by atoms with Crippen LogP contribution in [0.5, 0.6) is 0 Å². The van der Waals surface area contributed by atoms with Crippen molar-refractivity contribution in [3.63, 3.8) is 0 Å². The first kappa shape index (κ1) is 11.5. The van der Waals surface area contributed by atoms with E-state index in [2.05, 4.69) is 6.07 Å². The first-order valence-electron chi connectivity index (χ1n) is 6.48. The Balaban J connectivity index is 1.75. The number of rotatable bonds is 1. The molecule has 2 aliphatic heterocycles. The maximum atomic E-state index is 12.3. The quantitative estimate of drug-likeness (QED) is 0.757. The Morgan fingerprint density at radius 3 is 3.06 bits per heavy atom. The minimum absolute atomic E-state index is 0.0626. The predicted molar refractivity (Wildman–Crippen MR) is 68.9 cm³/mol. The van der Waals surface area contributed by atoms with Crippen molar-refractivity contribution in [1.82, 2.24) is 4.90 Å². The van der Waals surface area contributed by atoms with Gasteiger partial charge in [0.2, 0.25) is 5.91 Å². The molecule has 96 valence electrons. The first-order valence-corrected chi connectivity index (χ1v) is 6.48. The molecule has 0 bridgehead atoms. The number of carbonyl (C=O) groups excluding carboxylic acids is 1. The number of fused-ring (bicyclic) bond motifs is 1. The van der Waals surface area contributed by atoms with Gasteiger partial charge in [0.1, 0.15) is 0 Å². The molecule has 0 radical (unpaired) electrons. The fourth-order valence-corrected chi connectivity index (χ4v) is 2.75. The van der Waals surface area contributed by atoms with Crippen LogP contribution in [0.3, 0.4) is 0 Å². The summed E-state index contributed by atoms with van der Waals surface area (Å²) in [6, 6.07) is 5.99. The smallest absolute Gasteiger partial charge is 0.228 e. The van der Waals surface area contributed by atoms with E-state index in [0.29, 0.717) is 19.8 Å². The Morgan fingerprint density at radius 2 is 2.28 bits per heavy atom. The van der Waals surface area contributed by atoms with E-state index < -0.39 is 0 Å². The average molecular weight is 246 g/mol. The van der Waals surface area contributed by atoms with Crippen molar-refractivity contribution in [3.8, 4) is 0 Å². The number of carbonyl (C=O) groups is 1. The van der Waals surface area contributed by atoms with Gasteiger partial charge in [-0.2, -0.15) is 0 Å². The van der Waals surface area contributed by atoms with Gasteiger partial charge in [0.05, 0.1) is 12.5 Å². The number of nitrogen functional groups attached to an aromatic ring is 1. The van der Waals surface area contributed by atoms with Gasteiger partial charge < -0.3 is 15.4 Å². The topological polar surface area (TPSA) is 55.6 Å². The molecule has 1 saturated heterocycles. The lowest BCUT2D eigenvalue weighted by atomic mass is 9.97. The van der Waals surface area contributed by atoms with Crippen LogP contribution in [0.2, 0.25) is 0 Å². The lowest BCUT2D eigenvalue weighted by Gasteiger charge is -2.30. The number of benzene rings is 1. The summed E-state index contributed by atoms with van der Waals surface area (Å²) in [7, 11) is 0. The summed E-state index contributed by atoms with van der Waals surface area (Å²) in [5.41, 5.74) is 9.08. The van der Waals surface area contributed by atoms with E-state index in [1.54, 1.807) is 0 Å². The van der Waals surface area contributed by atoms with Crippen molar-refractivity contribution < 1.29 is 9.53 Å². The van der Waals surface area contributed by atoms with Crippen LogP contribution in [0, 0.1) is 5.92 Å². The summed E-state index contributed by atoms with van der Waals surface area (Å²) in [4.78, 5) is 14.3. The standard InChI is InChI=1S/C14H18N2O2/c15-13-2-1-10-3-5-16(8-12(10)7-13)14(17)11-4-6-18-9-11/h1-2,7,11H,3-6,8-9,15H2. The predicted octanol–water partition coefficient (Wildman–Crippen LogP) is 1.19. The highest BCUT2D eigenvalue weighted by Gasteiger charge is 2.29. The highest BCUT2D eigenvalue weighted by atomic mass is 16.5. The molecule has 1 atom stereocenters. The third kappa shape index (κ3) is 2.08. The molecule has 2 aliphatic rings. The van der Waals surface area contributed by atoms with E-state index in [4.69, 9.17) is 10.5 Å². The van der Waals surface area contributed by atoms with Crippen LogP contribution in [0.1, 0.15) is 17.5 Å². The summed E-state index contributed by atoms with van der Waals surface area (Å²) in [6.07, 6.45) is 1.79. The van der Waals surface area contributed by atoms with Crippen molar-refractivity contribution in [2.45, 2.75) is 19.4 Å². The minimum atomic E-state index is 0.0626. The molecule has 1 fully saturated rings. The molecule has 18 heavy (non-hydrogen) atoms. The molecule has 1 aromatic rings. The number of nitrogens with zero attached hydrogens (tertiary/aromatic N) is 1. The van der Waals surface area contributed by atoms with Gasteiger partial charge in [0, 0.05) is 25.4 Å². The van der Waals surface area contributed by atoms with Gasteiger partial charge >= 0.3 is 0 Å². The number of ether oxygens (including phenoxy) is 1. The van der Waals surface area contributed by atoms with Gasteiger partial charge in [-0.25, -0.2) is 0 Å². The summed E-state index contributed by atoms with van der Waals surface area (Å²) >= 11 is 0. The monoisotopic (exact) mass is 246 g/mol. The second kappa shape index (κ2) is 4.61. The Morgan fingerprint density at radius 1 is 1.39 bits per heavy atom. The molecule has 4 nitrogen and oxygen atoms in total. The fraction of sp³-hybridized carbons (Fsp3) is 0.500. The number of anilines is 1. The van der Waals surface area contributed by atoms with Crippen molar-refractivity contribution in [3.05, 3.63) is 29.3 Å². The molecule has 0 aliphatic carbocycles. The average Bonchev–Trinajstić information content (AvgIpc) is 2.90. The van der Waals surface area contributed by atoms with Gasteiger partial charge in [-0.3, -0.25) is 4.79 Å². The summed E-state index contributed by atoms with van der Waals surface area (Å²) in [5, 5.41) is 0. The zero-order chi connectivity index (χ0) is 12.5. The molecule has 3 rings (SSSR count). The van der Waals surface area contributed by atoms with Gasteiger partial charge in [-0.15, -0.1) is 0 Å². The Labute approximate surface area is 107 Å². The molecule has 0 aromatic heterocycles. The summed E-state index contributed by atoms with van der Waals surface area (Å²) in [5.74, 6) is 0.299.